The van der Waals surface area contributed by atoms with Crippen molar-refractivity contribution in [2.45, 2.75) is 24.1 Å². The zero-order valence-corrected chi connectivity index (χ0v) is 16.3. The second-order valence-electron chi connectivity index (χ2n) is 6.42. The molecule has 29 heavy (non-hydrogen) atoms. The number of amides is 1. The highest BCUT2D eigenvalue weighted by Gasteiger charge is 2.26. The Kier molecular flexibility index (Phi) is 6.03. The van der Waals surface area contributed by atoms with Crippen LogP contribution in [0.3, 0.4) is 0 Å². The van der Waals surface area contributed by atoms with Crippen LogP contribution in [0.5, 0.6) is 0 Å². The summed E-state index contributed by atoms with van der Waals surface area (Å²) in [7, 11) is -4.70. The lowest BCUT2D eigenvalue weighted by atomic mass is 10.1. The number of hydrogen-bond acceptors (Lipinski definition) is 3. The van der Waals surface area contributed by atoms with Gasteiger partial charge >= 0.3 is 5.76 Å². The number of halogens is 2. The maximum atomic E-state index is 12.6. The minimum Gasteiger partial charge on any atom is -0.328 e. The molecule has 0 N–H and O–H groups in total. The van der Waals surface area contributed by atoms with Gasteiger partial charge < -0.3 is 4.57 Å². The summed E-state index contributed by atoms with van der Waals surface area (Å²) in [5.41, 5.74) is 2.70. The number of pyridine rings is 1. The van der Waals surface area contributed by atoms with Gasteiger partial charge in [0.25, 0.3) is 5.91 Å². The maximum Gasteiger partial charge on any atom is 0.341 e. The van der Waals surface area contributed by atoms with E-state index >= 15 is 0 Å². The molecule has 0 fully saturated rings. The SMILES string of the molecule is Cc1ccc(Cn2ccccc2=NC(=O)c2ccc(S(=O)(=O)C(F)F)cc2)cc1. The average molecular weight is 416 g/mol. The molecule has 3 aromatic rings. The van der Waals surface area contributed by atoms with Gasteiger partial charge in [0.2, 0.25) is 9.84 Å². The van der Waals surface area contributed by atoms with E-state index in [9.17, 15) is 22.0 Å². The summed E-state index contributed by atoms with van der Waals surface area (Å²) in [4.78, 5) is 16.0. The van der Waals surface area contributed by atoms with Crippen LogP contribution >= 0.6 is 0 Å². The molecule has 0 spiro atoms. The van der Waals surface area contributed by atoms with Crippen LogP contribution in [-0.4, -0.2) is 24.6 Å². The van der Waals surface area contributed by atoms with E-state index in [0.717, 1.165) is 23.3 Å². The summed E-state index contributed by atoms with van der Waals surface area (Å²) < 4.78 is 50.0. The van der Waals surface area contributed by atoms with Crippen molar-refractivity contribution >= 4 is 15.7 Å². The number of nitrogens with zero attached hydrogens (tertiary/aromatic N) is 2. The number of benzene rings is 2. The first-order valence-corrected chi connectivity index (χ1v) is 10.2. The standard InChI is InChI=1S/C21H18F2N2O3S/c1-15-5-7-16(8-6-15)14-25-13-3-2-4-19(25)24-20(26)17-9-11-18(12-10-17)29(27,28)21(22)23/h2-13,21H,14H2,1H3. The summed E-state index contributed by atoms with van der Waals surface area (Å²) in [5, 5.41) is 0. The Hall–Kier alpha value is -3.13. The summed E-state index contributed by atoms with van der Waals surface area (Å²) in [6.45, 7) is 2.51. The van der Waals surface area contributed by atoms with Crippen molar-refractivity contribution in [3.8, 4) is 0 Å². The number of sulfone groups is 1. The van der Waals surface area contributed by atoms with Gasteiger partial charge in [-0.25, -0.2) is 8.42 Å². The van der Waals surface area contributed by atoms with Gasteiger partial charge in [-0.15, -0.1) is 0 Å². The van der Waals surface area contributed by atoms with E-state index in [-0.39, 0.29) is 5.56 Å². The minimum atomic E-state index is -4.70. The lowest BCUT2D eigenvalue weighted by Gasteiger charge is -2.08. The first kappa shape index (κ1) is 20.6. The Morgan fingerprint density at radius 3 is 2.28 bits per heavy atom. The van der Waals surface area contributed by atoms with Crippen LogP contribution in [0.4, 0.5) is 8.78 Å². The number of aromatic nitrogens is 1. The van der Waals surface area contributed by atoms with Crippen LogP contribution < -0.4 is 5.49 Å². The second-order valence-corrected chi connectivity index (χ2v) is 8.34. The van der Waals surface area contributed by atoms with Crippen LogP contribution in [0.1, 0.15) is 21.5 Å². The molecule has 0 saturated carbocycles. The van der Waals surface area contributed by atoms with Crippen molar-refractivity contribution in [3.05, 3.63) is 95.1 Å². The molecule has 0 saturated heterocycles. The average Bonchev–Trinajstić information content (AvgIpc) is 2.71. The van der Waals surface area contributed by atoms with Crippen molar-refractivity contribution in [1.29, 1.82) is 0 Å². The molecule has 0 bridgehead atoms. The maximum absolute atomic E-state index is 12.6. The van der Waals surface area contributed by atoms with Crippen molar-refractivity contribution in [1.82, 2.24) is 4.57 Å². The van der Waals surface area contributed by atoms with Crippen LogP contribution in [0.2, 0.25) is 0 Å². The van der Waals surface area contributed by atoms with Gasteiger partial charge in [-0.05, 0) is 48.9 Å². The van der Waals surface area contributed by atoms with E-state index in [4.69, 9.17) is 0 Å². The molecular weight excluding hydrogens is 398 g/mol. The monoisotopic (exact) mass is 416 g/mol. The van der Waals surface area contributed by atoms with Crippen LogP contribution in [0.15, 0.2) is 82.8 Å². The molecule has 3 rings (SSSR count). The van der Waals surface area contributed by atoms with Gasteiger partial charge in [0.15, 0.2) is 0 Å². The highest BCUT2D eigenvalue weighted by atomic mass is 32.2. The smallest absolute Gasteiger partial charge is 0.328 e. The zero-order valence-electron chi connectivity index (χ0n) is 15.5. The summed E-state index contributed by atoms with van der Waals surface area (Å²) in [5.74, 6) is -4.12. The number of hydrogen-bond donors (Lipinski definition) is 0. The molecule has 2 aromatic carbocycles. The third-order valence-corrected chi connectivity index (χ3v) is 5.67. The third kappa shape index (κ3) is 4.83. The van der Waals surface area contributed by atoms with Gasteiger partial charge in [-0.3, -0.25) is 4.79 Å². The Morgan fingerprint density at radius 1 is 1.00 bits per heavy atom. The third-order valence-electron chi connectivity index (χ3n) is 4.27. The van der Waals surface area contributed by atoms with Crippen molar-refractivity contribution in [3.63, 3.8) is 0 Å². The molecule has 8 heteroatoms. The number of carbonyl (C=O) groups is 1. The highest BCUT2D eigenvalue weighted by Crippen LogP contribution is 2.18. The molecule has 0 aliphatic heterocycles. The molecule has 1 amide bonds. The minimum absolute atomic E-state index is 0.101. The largest absolute Gasteiger partial charge is 0.341 e. The summed E-state index contributed by atoms with van der Waals surface area (Å²) in [6, 6.07) is 17.5. The fraction of sp³-hybridized carbons (Fsp3) is 0.143. The van der Waals surface area contributed by atoms with Crippen molar-refractivity contribution < 1.29 is 22.0 Å². The summed E-state index contributed by atoms with van der Waals surface area (Å²) >= 11 is 0. The first-order valence-electron chi connectivity index (χ1n) is 8.69. The van der Waals surface area contributed by atoms with Crippen LogP contribution in [0, 0.1) is 6.92 Å². The topological polar surface area (TPSA) is 68.5 Å². The van der Waals surface area contributed by atoms with Gasteiger partial charge in [0.1, 0.15) is 5.49 Å². The number of aryl methyl sites for hydroxylation is 1. The van der Waals surface area contributed by atoms with Gasteiger partial charge in [0, 0.05) is 18.3 Å². The van der Waals surface area contributed by atoms with E-state index in [0.29, 0.717) is 12.0 Å². The van der Waals surface area contributed by atoms with E-state index in [1.165, 1.54) is 12.1 Å². The molecule has 0 aliphatic rings. The Morgan fingerprint density at radius 2 is 1.66 bits per heavy atom. The quantitative estimate of drug-likeness (QED) is 0.638. The molecule has 0 unspecified atom stereocenters. The molecule has 1 heterocycles. The highest BCUT2D eigenvalue weighted by molar-refractivity contribution is 7.91. The predicted octanol–water partition coefficient (Wildman–Crippen LogP) is 3.58. The Bertz CT molecular complexity index is 1180. The lowest BCUT2D eigenvalue weighted by molar-refractivity contribution is 0.0997. The number of rotatable bonds is 5. The van der Waals surface area contributed by atoms with Gasteiger partial charge in [-0.1, -0.05) is 35.9 Å². The Balaban J connectivity index is 1.89. The van der Waals surface area contributed by atoms with E-state index < -0.39 is 26.4 Å². The normalized spacial score (nSPS) is 12.3. The van der Waals surface area contributed by atoms with Crippen molar-refractivity contribution in [2.24, 2.45) is 4.99 Å². The van der Waals surface area contributed by atoms with E-state index in [1.54, 1.807) is 22.9 Å². The van der Waals surface area contributed by atoms with Gasteiger partial charge in [-0.2, -0.15) is 13.8 Å². The molecule has 0 radical (unpaired) electrons. The molecule has 150 valence electrons. The molecular formula is C21H18F2N2O3S. The molecule has 0 atom stereocenters. The molecule has 1 aromatic heterocycles. The second kappa shape index (κ2) is 8.48. The predicted molar refractivity (Wildman–Crippen MR) is 104 cm³/mol. The molecule has 5 nitrogen and oxygen atoms in total. The van der Waals surface area contributed by atoms with Crippen LogP contribution in [0.25, 0.3) is 0 Å². The van der Waals surface area contributed by atoms with E-state index in [2.05, 4.69) is 4.99 Å². The number of alkyl halides is 2. The fourth-order valence-electron chi connectivity index (χ4n) is 2.65. The van der Waals surface area contributed by atoms with Crippen molar-refractivity contribution in [2.75, 3.05) is 0 Å². The van der Waals surface area contributed by atoms with Gasteiger partial charge in [0.05, 0.1) is 4.90 Å². The first-order chi connectivity index (χ1) is 13.8. The Labute approximate surface area is 166 Å². The fourth-order valence-corrected chi connectivity index (χ4v) is 3.37. The zero-order chi connectivity index (χ0) is 21.0. The van der Waals surface area contributed by atoms with Crippen LogP contribution in [-0.2, 0) is 16.4 Å². The lowest BCUT2D eigenvalue weighted by Crippen LogP contribution is -2.22. The molecule has 0 aliphatic carbocycles. The summed E-state index contributed by atoms with van der Waals surface area (Å²) in [6.07, 6.45) is 1.80. The number of carbonyl (C=O) groups excluding carboxylic acids is 1. The van der Waals surface area contributed by atoms with E-state index in [1.807, 2.05) is 37.3 Å².